The van der Waals surface area contributed by atoms with Gasteiger partial charge >= 0.3 is 31.1 Å². The summed E-state index contributed by atoms with van der Waals surface area (Å²) in [7, 11) is 0. The van der Waals surface area contributed by atoms with E-state index in [-0.39, 0.29) is 42.7 Å². The van der Waals surface area contributed by atoms with Crippen LogP contribution < -0.4 is 5.63 Å². The van der Waals surface area contributed by atoms with Crippen LogP contribution >= 0.6 is 0 Å². The number of hydrogen-bond acceptors (Lipinski definition) is 3. The van der Waals surface area contributed by atoms with Crippen LogP contribution in [0.3, 0.4) is 0 Å². The molecule has 0 N–H and O–H groups in total. The van der Waals surface area contributed by atoms with Crippen LogP contribution in [0.4, 0.5) is 0 Å². The van der Waals surface area contributed by atoms with Gasteiger partial charge in [-0.1, -0.05) is 32.0 Å². The van der Waals surface area contributed by atoms with E-state index in [4.69, 9.17) is 4.42 Å². The van der Waals surface area contributed by atoms with E-state index < -0.39 is 0 Å². The van der Waals surface area contributed by atoms with E-state index in [2.05, 4.69) is 6.07 Å². The van der Waals surface area contributed by atoms with Gasteiger partial charge in [-0.05, 0) is 0 Å². The van der Waals surface area contributed by atoms with E-state index in [1.54, 1.807) is 26.2 Å². The van der Waals surface area contributed by atoms with E-state index >= 15 is 0 Å². The second kappa shape index (κ2) is 8.27. The quantitative estimate of drug-likeness (QED) is 0.491. The van der Waals surface area contributed by atoms with Gasteiger partial charge in [-0.15, -0.1) is 29.5 Å². The van der Waals surface area contributed by atoms with E-state index in [9.17, 15) is 9.59 Å². The molecule has 0 unspecified atom stereocenters. The molecule has 17 heavy (non-hydrogen) atoms. The number of carbonyl (C=O) groups excluding carboxylic acids is 1. The normalized spacial score (nSPS) is 9.12. The number of hydrogen-bond donors (Lipinski definition) is 0. The van der Waals surface area contributed by atoms with E-state index in [1.165, 1.54) is 6.07 Å². The summed E-state index contributed by atoms with van der Waals surface area (Å²) < 4.78 is 4.87. The maximum absolute atomic E-state index is 10.7. The molecule has 0 aliphatic carbocycles. The molecule has 0 bridgehead atoms. The Morgan fingerprint density at radius 2 is 1.88 bits per heavy atom. The first-order chi connectivity index (χ1) is 7.63. The van der Waals surface area contributed by atoms with Crippen molar-refractivity contribution in [1.82, 2.24) is 0 Å². The molecule has 0 saturated carbocycles. The van der Waals surface area contributed by atoms with Crippen molar-refractivity contribution in [3.63, 3.8) is 0 Å². The summed E-state index contributed by atoms with van der Waals surface area (Å²) in [4.78, 5) is 20.1. The number of benzene rings is 1. The third kappa shape index (κ3) is 5.86. The van der Waals surface area contributed by atoms with Crippen LogP contribution in [0, 0.1) is 43.1 Å². The zero-order chi connectivity index (χ0) is 12.0. The van der Waals surface area contributed by atoms with Gasteiger partial charge in [-0.3, -0.25) is 6.29 Å². The zero-order valence-electron chi connectivity index (χ0n) is 9.69. The van der Waals surface area contributed by atoms with Crippen LogP contribution in [0.2, 0.25) is 0 Å². The van der Waals surface area contributed by atoms with Crippen LogP contribution in [-0.2, 0) is 4.79 Å². The zero-order valence-corrected chi connectivity index (χ0v) is 13.9. The molecular weight excluding hydrogens is 442 g/mol. The molecule has 86 valence electrons. The SMILES string of the molecule is CC(C)[C-]=O.O=c1c[c-]c2ccccc2o1.[U+2]. The molecule has 1 heterocycles. The number of para-hydroxylation sites is 1. The Kier molecular flexibility index (Phi) is 7.86. The van der Waals surface area contributed by atoms with Crippen molar-refractivity contribution in [1.29, 1.82) is 0 Å². The maximum atomic E-state index is 10.7. The summed E-state index contributed by atoms with van der Waals surface area (Å²) in [6, 6.07) is 11.4. The molecule has 0 spiro atoms. The Morgan fingerprint density at radius 3 is 2.47 bits per heavy atom. The fraction of sp³-hybridized carbons (Fsp3) is 0.231. The van der Waals surface area contributed by atoms with Crippen LogP contribution in [0.5, 0.6) is 0 Å². The smallest absolute Gasteiger partial charge is 0.542 e. The predicted octanol–water partition coefficient (Wildman–Crippen LogP) is 2.35. The van der Waals surface area contributed by atoms with Gasteiger partial charge in [-0.25, -0.2) is 0 Å². The summed E-state index contributed by atoms with van der Waals surface area (Å²) >= 11 is 0. The minimum absolute atomic E-state index is 0. The maximum Gasteiger partial charge on any atom is 2.00 e. The molecule has 0 saturated heterocycles. The van der Waals surface area contributed by atoms with E-state index in [0.717, 1.165) is 5.39 Å². The first kappa shape index (κ1) is 16.2. The summed E-state index contributed by atoms with van der Waals surface area (Å²) in [6.07, 6.45) is 1.78. The van der Waals surface area contributed by atoms with E-state index in [0.29, 0.717) is 5.58 Å². The van der Waals surface area contributed by atoms with E-state index in [1.807, 2.05) is 18.2 Å². The van der Waals surface area contributed by atoms with Gasteiger partial charge < -0.3 is 14.0 Å². The molecule has 1 aromatic carbocycles. The van der Waals surface area contributed by atoms with Gasteiger partial charge in [-0.2, -0.15) is 0 Å². The van der Waals surface area contributed by atoms with Gasteiger partial charge in [0.1, 0.15) is 0 Å². The molecule has 4 heteroatoms. The summed E-state index contributed by atoms with van der Waals surface area (Å²) in [5, 5.41) is 0.826. The Hall–Kier alpha value is -0.848. The molecular formula is C13H12O3U. The molecule has 1 aromatic heterocycles. The second-order valence-corrected chi connectivity index (χ2v) is 3.48. The van der Waals surface area contributed by atoms with Crippen LogP contribution in [0.1, 0.15) is 13.8 Å². The summed E-state index contributed by atoms with van der Waals surface area (Å²) in [6.45, 7) is 3.60. The summed E-state index contributed by atoms with van der Waals surface area (Å²) in [5.41, 5.74) is 0.226. The fourth-order valence-electron chi connectivity index (χ4n) is 0.949. The molecule has 0 radical (unpaired) electrons. The second-order valence-electron chi connectivity index (χ2n) is 3.48. The number of fused-ring (bicyclic) bond motifs is 1. The molecule has 0 atom stereocenters. The first-order valence-electron chi connectivity index (χ1n) is 4.91. The molecule has 2 aromatic rings. The topological polar surface area (TPSA) is 47.3 Å². The van der Waals surface area contributed by atoms with Crippen molar-refractivity contribution in [3.8, 4) is 0 Å². The third-order valence-electron chi connectivity index (χ3n) is 1.68. The minimum atomic E-state index is -0.358. The average Bonchev–Trinajstić information content (AvgIpc) is 2.29. The van der Waals surface area contributed by atoms with Gasteiger partial charge in [0, 0.05) is 5.58 Å². The van der Waals surface area contributed by atoms with Crippen molar-refractivity contribution in [2.24, 2.45) is 5.92 Å². The van der Waals surface area contributed by atoms with Crippen molar-refractivity contribution < 1.29 is 40.3 Å². The van der Waals surface area contributed by atoms with Crippen LogP contribution in [0.15, 0.2) is 39.5 Å². The van der Waals surface area contributed by atoms with Crippen LogP contribution in [-0.4, -0.2) is 6.29 Å². The predicted molar refractivity (Wildman–Crippen MR) is 61.9 cm³/mol. The van der Waals surface area contributed by atoms with Gasteiger partial charge in [0.2, 0.25) is 5.63 Å². The van der Waals surface area contributed by atoms with Crippen LogP contribution in [0.25, 0.3) is 11.0 Å². The third-order valence-corrected chi connectivity index (χ3v) is 1.68. The molecule has 0 aliphatic heterocycles. The standard InChI is InChI=1S/C9H5O2.C4H7O.U/c10-9-6-5-7-3-1-2-4-8(7)11-9;1-4(2)3-5;/h1-4,6H;4H,1-2H3;/q2*-1;+2. The van der Waals surface area contributed by atoms with Gasteiger partial charge in [0.15, 0.2) is 0 Å². The Bertz CT molecular complexity index is 517. The van der Waals surface area contributed by atoms with Crippen molar-refractivity contribution in [2.75, 3.05) is 0 Å². The molecule has 2 rings (SSSR count). The largest absolute Gasteiger partial charge is 2.00 e. The molecule has 0 aliphatic rings. The monoisotopic (exact) mass is 454 g/mol. The van der Waals surface area contributed by atoms with Crippen molar-refractivity contribution >= 4 is 17.3 Å². The van der Waals surface area contributed by atoms with Gasteiger partial charge in [0.05, 0.1) is 0 Å². The Morgan fingerprint density at radius 1 is 1.29 bits per heavy atom. The first-order valence-corrected chi connectivity index (χ1v) is 4.91. The molecule has 0 amide bonds. The van der Waals surface area contributed by atoms with Gasteiger partial charge in [0.25, 0.3) is 0 Å². The minimum Gasteiger partial charge on any atom is -0.542 e. The summed E-state index contributed by atoms with van der Waals surface area (Å²) in [5.74, 6) is 0.0787. The Labute approximate surface area is 124 Å². The average molecular weight is 454 g/mol. The molecule has 0 fully saturated rings. The Balaban J connectivity index is 0.000000373. The van der Waals surface area contributed by atoms with Crippen molar-refractivity contribution in [2.45, 2.75) is 13.8 Å². The number of rotatable bonds is 1. The fourth-order valence-corrected chi connectivity index (χ4v) is 0.949. The molecule has 3 nitrogen and oxygen atoms in total. The van der Waals surface area contributed by atoms with Crippen molar-refractivity contribution in [3.05, 3.63) is 46.8 Å².